The number of piperazine rings is 1. The van der Waals surface area contributed by atoms with E-state index in [4.69, 9.17) is 10.7 Å². The number of hydrogen-bond acceptors (Lipinski definition) is 5. The third kappa shape index (κ3) is 2.82. The number of hydrogen-bond donors (Lipinski definition) is 2. The Bertz CT molecular complexity index is 448. The summed E-state index contributed by atoms with van der Waals surface area (Å²) in [7, 11) is 0. The second-order valence-electron chi connectivity index (χ2n) is 5.99. The number of nitrogen functional groups attached to an aromatic ring is 1. The zero-order valence-electron chi connectivity index (χ0n) is 12.3. The topological polar surface area (TPSA) is 57.4 Å². The lowest BCUT2D eigenvalue weighted by atomic mass is 9.99. The number of pyridine rings is 1. The summed E-state index contributed by atoms with van der Waals surface area (Å²) < 4.78 is 0. The van der Waals surface area contributed by atoms with E-state index in [2.05, 4.69) is 28.1 Å². The first-order valence-electron chi connectivity index (χ1n) is 7.71. The molecule has 5 heteroatoms. The zero-order valence-corrected chi connectivity index (χ0v) is 12.3. The number of rotatable bonds is 2. The van der Waals surface area contributed by atoms with E-state index in [1.165, 1.54) is 12.8 Å². The van der Waals surface area contributed by atoms with E-state index in [-0.39, 0.29) is 0 Å². The molecule has 1 aromatic rings. The van der Waals surface area contributed by atoms with Crippen LogP contribution in [0, 0.1) is 5.92 Å². The van der Waals surface area contributed by atoms with Gasteiger partial charge in [-0.2, -0.15) is 0 Å². The smallest absolute Gasteiger partial charge is 0.154 e. The molecule has 3 N–H and O–H groups in total. The van der Waals surface area contributed by atoms with Gasteiger partial charge in [-0.15, -0.1) is 0 Å². The monoisotopic (exact) mass is 275 g/mol. The van der Waals surface area contributed by atoms with Gasteiger partial charge >= 0.3 is 0 Å². The first kappa shape index (κ1) is 13.5. The minimum absolute atomic E-state index is 0.804. The van der Waals surface area contributed by atoms with Crippen molar-refractivity contribution in [1.82, 2.24) is 10.3 Å². The van der Waals surface area contributed by atoms with Crippen molar-refractivity contribution in [1.29, 1.82) is 0 Å². The third-order valence-corrected chi connectivity index (χ3v) is 4.41. The Hall–Kier alpha value is -1.49. The molecule has 0 saturated carbocycles. The van der Waals surface area contributed by atoms with E-state index in [9.17, 15) is 0 Å². The molecule has 0 bridgehead atoms. The van der Waals surface area contributed by atoms with Crippen LogP contribution >= 0.6 is 0 Å². The predicted molar refractivity (Wildman–Crippen MR) is 84.3 cm³/mol. The molecule has 20 heavy (non-hydrogen) atoms. The van der Waals surface area contributed by atoms with E-state index < -0.39 is 0 Å². The number of anilines is 3. The molecular weight excluding hydrogens is 250 g/mol. The highest BCUT2D eigenvalue weighted by Gasteiger charge is 2.20. The quantitative estimate of drug-likeness (QED) is 0.852. The lowest BCUT2D eigenvalue weighted by molar-refractivity contribution is 0.437. The molecule has 0 aromatic carbocycles. The van der Waals surface area contributed by atoms with Crippen molar-refractivity contribution in [3.8, 4) is 0 Å². The van der Waals surface area contributed by atoms with Crippen LogP contribution in [0.3, 0.4) is 0 Å². The average Bonchev–Trinajstić information content (AvgIpc) is 2.50. The van der Waals surface area contributed by atoms with Crippen LogP contribution in [0.2, 0.25) is 0 Å². The highest BCUT2D eigenvalue weighted by molar-refractivity contribution is 5.66. The maximum atomic E-state index is 6.15. The number of nitrogens with one attached hydrogen (secondary N) is 1. The van der Waals surface area contributed by atoms with E-state index in [0.29, 0.717) is 0 Å². The van der Waals surface area contributed by atoms with Gasteiger partial charge < -0.3 is 20.9 Å². The second kappa shape index (κ2) is 5.87. The summed E-state index contributed by atoms with van der Waals surface area (Å²) in [5.74, 6) is 2.87. The number of aromatic nitrogens is 1. The molecule has 2 aliphatic heterocycles. The third-order valence-electron chi connectivity index (χ3n) is 4.41. The van der Waals surface area contributed by atoms with Crippen LogP contribution in [0.4, 0.5) is 17.3 Å². The van der Waals surface area contributed by atoms with Crippen LogP contribution in [0.15, 0.2) is 12.1 Å². The van der Waals surface area contributed by atoms with Gasteiger partial charge in [0.2, 0.25) is 0 Å². The normalized spacial score (nSPS) is 21.2. The first-order valence-corrected chi connectivity index (χ1v) is 7.71. The van der Waals surface area contributed by atoms with Crippen LogP contribution in [0.1, 0.15) is 19.8 Å². The maximum absolute atomic E-state index is 6.15. The molecule has 0 atom stereocenters. The van der Waals surface area contributed by atoms with Crippen LogP contribution in [-0.2, 0) is 0 Å². The number of nitrogens with zero attached hydrogens (tertiary/aromatic N) is 3. The standard InChI is InChI=1S/C15H25N5/c1-12-4-8-20(9-5-12)15-13(16)2-3-14(18-15)19-10-6-17-7-11-19/h2-3,12,17H,4-11,16H2,1H3. The zero-order chi connectivity index (χ0) is 13.9. The molecule has 2 aliphatic rings. The van der Waals surface area contributed by atoms with Crippen molar-refractivity contribution in [3.63, 3.8) is 0 Å². The van der Waals surface area contributed by atoms with Crippen molar-refractivity contribution >= 4 is 17.3 Å². The molecule has 3 heterocycles. The molecule has 1 aromatic heterocycles. The molecule has 0 spiro atoms. The molecule has 0 aliphatic carbocycles. The fraction of sp³-hybridized carbons (Fsp3) is 0.667. The van der Waals surface area contributed by atoms with Crippen LogP contribution in [0.5, 0.6) is 0 Å². The minimum Gasteiger partial charge on any atom is -0.396 e. The molecule has 3 rings (SSSR count). The average molecular weight is 275 g/mol. The molecular formula is C15H25N5. The molecule has 110 valence electrons. The molecule has 0 amide bonds. The van der Waals surface area contributed by atoms with Gasteiger partial charge in [-0.3, -0.25) is 0 Å². The van der Waals surface area contributed by atoms with Gasteiger partial charge in [0, 0.05) is 39.3 Å². The fourth-order valence-electron chi connectivity index (χ4n) is 2.99. The first-order chi connectivity index (χ1) is 9.74. The van der Waals surface area contributed by atoms with E-state index in [1.807, 2.05) is 6.07 Å². The second-order valence-corrected chi connectivity index (χ2v) is 5.99. The van der Waals surface area contributed by atoms with Gasteiger partial charge in [0.15, 0.2) is 5.82 Å². The van der Waals surface area contributed by atoms with Crippen molar-refractivity contribution in [2.45, 2.75) is 19.8 Å². The van der Waals surface area contributed by atoms with Crippen LogP contribution in [0.25, 0.3) is 0 Å². The Morgan fingerprint density at radius 2 is 1.80 bits per heavy atom. The Balaban J connectivity index is 1.79. The molecule has 2 saturated heterocycles. The number of nitrogens with two attached hydrogens (primary N) is 1. The van der Waals surface area contributed by atoms with E-state index >= 15 is 0 Å². The minimum atomic E-state index is 0.804. The van der Waals surface area contributed by atoms with Gasteiger partial charge in [0.25, 0.3) is 0 Å². The Labute approximate surface area is 121 Å². The SMILES string of the molecule is CC1CCN(c2nc(N3CCNCC3)ccc2N)CC1. The van der Waals surface area contributed by atoms with Crippen molar-refractivity contribution in [3.05, 3.63) is 12.1 Å². The van der Waals surface area contributed by atoms with Gasteiger partial charge in [0.1, 0.15) is 5.82 Å². The van der Waals surface area contributed by atoms with Crippen molar-refractivity contribution in [2.75, 3.05) is 54.8 Å². The molecule has 2 fully saturated rings. The fourth-order valence-corrected chi connectivity index (χ4v) is 2.99. The molecule has 0 radical (unpaired) electrons. The summed E-state index contributed by atoms with van der Waals surface area (Å²) in [4.78, 5) is 9.53. The van der Waals surface area contributed by atoms with E-state index in [0.717, 1.165) is 62.5 Å². The largest absolute Gasteiger partial charge is 0.396 e. The summed E-state index contributed by atoms with van der Waals surface area (Å²) in [6, 6.07) is 4.06. The number of piperidine rings is 1. The highest BCUT2D eigenvalue weighted by atomic mass is 15.3. The van der Waals surface area contributed by atoms with Crippen LogP contribution < -0.4 is 20.9 Å². The van der Waals surface area contributed by atoms with Crippen LogP contribution in [-0.4, -0.2) is 44.3 Å². The Morgan fingerprint density at radius 1 is 1.10 bits per heavy atom. The highest BCUT2D eigenvalue weighted by Crippen LogP contribution is 2.28. The summed E-state index contributed by atoms with van der Waals surface area (Å²) in [6.07, 6.45) is 2.47. The van der Waals surface area contributed by atoms with Gasteiger partial charge in [-0.25, -0.2) is 4.98 Å². The Kier molecular flexibility index (Phi) is 3.96. The predicted octanol–water partition coefficient (Wildman–Crippen LogP) is 1.31. The molecule has 0 unspecified atom stereocenters. The van der Waals surface area contributed by atoms with Crippen molar-refractivity contribution < 1.29 is 0 Å². The summed E-state index contributed by atoms with van der Waals surface area (Å²) in [6.45, 7) is 8.57. The summed E-state index contributed by atoms with van der Waals surface area (Å²) in [5, 5.41) is 3.37. The molecule has 5 nitrogen and oxygen atoms in total. The van der Waals surface area contributed by atoms with Crippen molar-refractivity contribution in [2.24, 2.45) is 5.92 Å². The maximum Gasteiger partial charge on any atom is 0.154 e. The lowest BCUT2D eigenvalue weighted by Crippen LogP contribution is -2.44. The summed E-state index contributed by atoms with van der Waals surface area (Å²) >= 11 is 0. The van der Waals surface area contributed by atoms with Gasteiger partial charge in [0.05, 0.1) is 5.69 Å². The lowest BCUT2D eigenvalue weighted by Gasteiger charge is -2.33. The van der Waals surface area contributed by atoms with E-state index in [1.54, 1.807) is 0 Å². The Morgan fingerprint density at radius 3 is 2.50 bits per heavy atom. The summed E-state index contributed by atoms with van der Waals surface area (Å²) in [5.41, 5.74) is 6.95. The van der Waals surface area contributed by atoms with Gasteiger partial charge in [-0.1, -0.05) is 6.92 Å². The van der Waals surface area contributed by atoms with Gasteiger partial charge in [-0.05, 0) is 30.9 Å².